The Balaban J connectivity index is 0.000000913. The largest absolute Gasteiger partial charge is 0.508 e. The van der Waals surface area contributed by atoms with Crippen LogP contribution in [0, 0.1) is 0 Å². The highest BCUT2D eigenvalue weighted by Gasteiger charge is 2.39. The highest BCUT2D eigenvalue weighted by molar-refractivity contribution is 5.95. The van der Waals surface area contributed by atoms with Gasteiger partial charge < -0.3 is 42.7 Å². The van der Waals surface area contributed by atoms with Crippen molar-refractivity contribution in [2.75, 3.05) is 19.6 Å². The second kappa shape index (κ2) is 23.3. The summed E-state index contributed by atoms with van der Waals surface area (Å²) < 4.78 is 63.5. The maximum atomic E-state index is 13.7. The zero-order chi connectivity index (χ0) is 41.6. The van der Waals surface area contributed by atoms with Gasteiger partial charge in [-0.25, -0.2) is 14.4 Å². The fourth-order valence-corrected chi connectivity index (χ4v) is 4.12. The van der Waals surface area contributed by atoms with Gasteiger partial charge in [-0.3, -0.25) is 19.9 Å². The minimum Gasteiger partial charge on any atom is -0.508 e. The number of aromatic hydroxyl groups is 1. The maximum absolute atomic E-state index is 13.7. The summed E-state index contributed by atoms with van der Waals surface area (Å²) in [7, 11) is 0. The number of nitrogens with zero attached hydrogens (tertiary/aromatic N) is 1. The summed E-state index contributed by atoms with van der Waals surface area (Å²) >= 11 is 0. The third kappa shape index (κ3) is 19.3. The lowest BCUT2D eigenvalue weighted by atomic mass is 9.90. The van der Waals surface area contributed by atoms with E-state index in [1.54, 1.807) is 12.1 Å². The fourth-order valence-electron chi connectivity index (χ4n) is 4.12. The molecule has 3 aromatic carbocycles. The van der Waals surface area contributed by atoms with Crippen molar-refractivity contribution in [3.05, 3.63) is 102 Å². The fraction of sp³-hybridized carbons (Fsp3) is 0.294. The molecule has 0 saturated carbocycles. The Morgan fingerprint density at radius 1 is 0.727 bits per heavy atom. The van der Waals surface area contributed by atoms with Crippen LogP contribution in [0.5, 0.6) is 5.75 Å². The number of aliphatic carboxylic acids is 2. The molecule has 0 saturated heterocycles. The predicted molar refractivity (Wildman–Crippen MR) is 185 cm³/mol. The van der Waals surface area contributed by atoms with Gasteiger partial charge in [-0.15, -0.1) is 0 Å². The summed E-state index contributed by atoms with van der Waals surface area (Å²) in [6, 6.07) is 23.9. The number of rotatable bonds is 13. The lowest BCUT2D eigenvalue weighted by Gasteiger charge is -2.23. The molecular formula is C34H39F6N7O8. The van der Waals surface area contributed by atoms with E-state index in [2.05, 4.69) is 26.3 Å². The molecule has 3 rings (SSSR count). The van der Waals surface area contributed by atoms with Gasteiger partial charge in [-0.1, -0.05) is 72.8 Å². The van der Waals surface area contributed by atoms with E-state index in [1.165, 1.54) is 12.1 Å². The van der Waals surface area contributed by atoms with Crippen LogP contribution >= 0.6 is 0 Å². The number of phenols is 1. The van der Waals surface area contributed by atoms with Gasteiger partial charge in [-0.05, 0) is 41.7 Å². The number of carbonyl (C=O) groups is 5. The van der Waals surface area contributed by atoms with Crippen molar-refractivity contribution < 1.29 is 65.6 Å². The standard InChI is InChI=1S/C30H37N7O4.2C2HF3O2/c31-17-19-34-30(41)37-29(32)33-18-7-12-25(27(39)35-20-21-13-15-24(38)16-14-21)36-28(40)26(22-8-3-1-4-9-22)23-10-5-2-6-11-23;2*3-2(4,5)1(6)7/h1-6,8-11,13-16,25-26,38H,7,12,17-20,31H2,(H,35,39)(H,36,40)(H4,32,33,34,37,41);2*(H,6,7)/t25-;;/m1../s1. The van der Waals surface area contributed by atoms with E-state index in [-0.39, 0.29) is 43.0 Å². The van der Waals surface area contributed by atoms with E-state index in [9.17, 15) is 45.8 Å². The smallest absolute Gasteiger partial charge is 0.490 e. The van der Waals surface area contributed by atoms with Crippen molar-refractivity contribution >= 4 is 35.7 Å². The summed E-state index contributed by atoms with van der Waals surface area (Å²) in [5, 5.41) is 34.5. The molecule has 11 N–H and O–H groups in total. The molecule has 0 unspecified atom stereocenters. The minimum absolute atomic E-state index is 0.0647. The van der Waals surface area contributed by atoms with Crippen LogP contribution < -0.4 is 32.7 Å². The van der Waals surface area contributed by atoms with E-state index in [0.29, 0.717) is 19.5 Å². The first-order chi connectivity index (χ1) is 25.8. The summed E-state index contributed by atoms with van der Waals surface area (Å²) in [5.74, 6) is -6.74. The van der Waals surface area contributed by atoms with Gasteiger partial charge in [0.1, 0.15) is 11.8 Å². The molecule has 0 bridgehead atoms. The monoisotopic (exact) mass is 787 g/mol. The van der Waals surface area contributed by atoms with E-state index >= 15 is 0 Å². The number of aliphatic imine (C=N–C) groups is 1. The molecule has 0 fully saturated rings. The SMILES string of the molecule is NCCNC(=O)NC(N)=NCCC[C@@H](NC(=O)C(c1ccccc1)c1ccccc1)C(=O)NCc1ccc(O)cc1.O=C(O)C(F)(F)F.O=C(O)C(F)(F)F. The second-order valence-electron chi connectivity index (χ2n) is 10.9. The van der Waals surface area contributed by atoms with E-state index in [1.807, 2.05) is 60.7 Å². The summed E-state index contributed by atoms with van der Waals surface area (Å²) in [6.07, 6.45) is -9.48. The Labute approximate surface area is 309 Å². The molecule has 0 heterocycles. The lowest BCUT2D eigenvalue weighted by molar-refractivity contribution is -0.193. The number of phenolic OH excluding ortho intramolecular Hbond substituents is 1. The number of hydrogen-bond acceptors (Lipinski definition) is 8. The van der Waals surface area contributed by atoms with Crippen molar-refractivity contribution in [1.82, 2.24) is 21.3 Å². The van der Waals surface area contributed by atoms with Gasteiger partial charge in [0.15, 0.2) is 5.96 Å². The van der Waals surface area contributed by atoms with Crippen LogP contribution in [0.3, 0.4) is 0 Å². The predicted octanol–water partition coefficient (Wildman–Crippen LogP) is 2.94. The van der Waals surface area contributed by atoms with Crippen molar-refractivity contribution in [3.63, 3.8) is 0 Å². The molecule has 4 amide bonds. The first-order valence-corrected chi connectivity index (χ1v) is 15.9. The number of alkyl halides is 6. The Morgan fingerprint density at radius 2 is 1.20 bits per heavy atom. The van der Waals surface area contributed by atoms with Crippen LogP contribution in [0.4, 0.5) is 31.1 Å². The highest BCUT2D eigenvalue weighted by atomic mass is 19.4. The van der Waals surface area contributed by atoms with Gasteiger partial charge in [0.05, 0.1) is 5.92 Å². The van der Waals surface area contributed by atoms with Crippen LogP contribution in [0.2, 0.25) is 0 Å². The average Bonchev–Trinajstić information content (AvgIpc) is 3.12. The first kappa shape index (κ1) is 46.6. The number of carboxylic acid groups (broad SMARTS) is 2. The zero-order valence-corrected chi connectivity index (χ0v) is 28.7. The third-order valence-corrected chi connectivity index (χ3v) is 6.65. The Morgan fingerprint density at radius 3 is 1.64 bits per heavy atom. The molecule has 0 radical (unpaired) electrons. The Bertz CT molecular complexity index is 1630. The van der Waals surface area contributed by atoms with Gasteiger partial charge in [0, 0.05) is 26.2 Å². The van der Waals surface area contributed by atoms with Crippen LogP contribution in [0.25, 0.3) is 0 Å². The third-order valence-electron chi connectivity index (χ3n) is 6.65. The number of nitrogens with two attached hydrogens (primary N) is 2. The van der Waals surface area contributed by atoms with Gasteiger partial charge in [0.2, 0.25) is 11.8 Å². The average molecular weight is 788 g/mol. The topological polar surface area (TPSA) is 259 Å². The molecule has 15 nitrogen and oxygen atoms in total. The number of benzene rings is 3. The van der Waals surface area contributed by atoms with Gasteiger partial charge in [0.25, 0.3) is 0 Å². The van der Waals surface area contributed by atoms with E-state index < -0.39 is 42.3 Å². The molecule has 21 heteroatoms. The number of carbonyl (C=O) groups excluding carboxylic acids is 3. The normalized spacial score (nSPS) is 11.7. The van der Waals surface area contributed by atoms with Crippen molar-refractivity contribution in [2.45, 2.75) is 43.7 Å². The molecule has 0 aliphatic heterocycles. The lowest BCUT2D eigenvalue weighted by Crippen LogP contribution is -2.48. The maximum Gasteiger partial charge on any atom is 0.490 e. The molecule has 1 atom stereocenters. The molecule has 0 aromatic heterocycles. The first-order valence-electron chi connectivity index (χ1n) is 15.9. The Kier molecular flexibility index (Phi) is 19.8. The molecule has 0 spiro atoms. The van der Waals surface area contributed by atoms with Gasteiger partial charge in [-0.2, -0.15) is 26.3 Å². The van der Waals surface area contributed by atoms with Gasteiger partial charge >= 0.3 is 30.3 Å². The minimum atomic E-state index is -5.08. The van der Waals surface area contributed by atoms with Crippen LogP contribution in [0.1, 0.15) is 35.4 Å². The zero-order valence-electron chi connectivity index (χ0n) is 28.7. The molecular weight excluding hydrogens is 748 g/mol. The number of halogens is 6. The number of guanidine groups is 1. The number of carboxylic acids is 2. The quantitative estimate of drug-likeness (QED) is 0.0530. The molecule has 55 heavy (non-hydrogen) atoms. The molecule has 0 aliphatic rings. The number of nitrogens with one attached hydrogen (secondary N) is 4. The summed E-state index contributed by atoms with van der Waals surface area (Å²) in [6.45, 7) is 1.04. The van der Waals surface area contributed by atoms with Crippen molar-refractivity contribution in [1.29, 1.82) is 0 Å². The van der Waals surface area contributed by atoms with Crippen molar-refractivity contribution in [2.24, 2.45) is 16.5 Å². The van der Waals surface area contributed by atoms with E-state index in [4.69, 9.17) is 31.3 Å². The number of urea groups is 1. The second-order valence-corrected chi connectivity index (χ2v) is 10.9. The van der Waals surface area contributed by atoms with Crippen LogP contribution in [-0.4, -0.2) is 89.1 Å². The Hall–Kier alpha value is -6.38. The number of hydrogen-bond donors (Lipinski definition) is 9. The van der Waals surface area contributed by atoms with Crippen LogP contribution in [0.15, 0.2) is 89.9 Å². The summed E-state index contributed by atoms with van der Waals surface area (Å²) in [4.78, 5) is 60.6. The van der Waals surface area contributed by atoms with Crippen molar-refractivity contribution in [3.8, 4) is 5.75 Å². The number of amides is 4. The summed E-state index contributed by atoms with van der Waals surface area (Å²) in [5.41, 5.74) is 13.5. The molecule has 0 aliphatic carbocycles. The highest BCUT2D eigenvalue weighted by Crippen LogP contribution is 2.25. The van der Waals surface area contributed by atoms with E-state index in [0.717, 1.165) is 16.7 Å². The molecule has 300 valence electrons. The molecule has 3 aromatic rings. The van der Waals surface area contributed by atoms with Crippen LogP contribution in [-0.2, 0) is 25.7 Å².